The fourth-order valence-electron chi connectivity index (χ4n) is 2.63. The highest BCUT2D eigenvalue weighted by Crippen LogP contribution is 2.18. The van der Waals surface area contributed by atoms with Gasteiger partial charge >= 0.3 is 0 Å². The molecule has 110 valence electrons. The third-order valence-electron chi connectivity index (χ3n) is 4.04. The van der Waals surface area contributed by atoms with Crippen LogP contribution in [0.2, 0.25) is 0 Å². The number of nitrogens with zero attached hydrogens (tertiary/aromatic N) is 1. The second-order valence-corrected chi connectivity index (χ2v) is 6.02. The van der Waals surface area contributed by atoms with E-state index in [1.165, 1.54) is 5.56 Å². The first-order chi connectivity index (χ1) is 9.58. The summed E-state index contributed by atoms with van der Waals surface area (Å²) in [7, 11) is 1.90. The number of hydrogen-bond acceptors (Lipinski definition) is 2. The lowest BCUT2D eigenvalue weighted by atomic mass is 9.99. The molecule has 1 saturated heterocycles. The predicted molar refractivity (Wildman–Crippen MR) is 81.0 cm³/mol. The topological polar surface area (TPSA) is 29.5 Å². The van der Waals surface area contributed by atoms with Crippen molar-refractivity contribution in [2.45, 2.75) is 32.6 Å². The van der Waals surface area contributed by atoms with Crippen LogP contribution in [0.3, 0.4) is 0 Å². The maximum absolute atomic E-state index is 12.4. The third kappa shape index (κ3) is 3.83. The summed E-state index contributed by atoms with van der Waals surface area (Å²) in [4.78, 5) is 14.2. The van der Waals surface area contributed by atoms with Crippen molar-refractivity contribution in [1.82, 2.24) is 4.90 Å². The minimum absolute atomic E-state index is 0.117. The van der Waals surface area contributed by atoms with E-state index in [0.717, 1.165) is 38.2 Å². The molecule has 1 aliphatic rings. The van der Waals surface area contributed by atoms with Crippen LogP contribution in [0, 0.1) is 5.92 Å². The highest BCUT2D eigenvalue weighted by Gasteiger charge is 2.19. The van der Waals surface area contributed by atoms with Crippen molar-refractivity contribution in [3.05, 3.63) is 35.4 Å². The second kappa shape index (κ2) is 6.89. The molecule has 0 bridgehead atoms. The Morgan fingerprint density at radius 1 is 1.25 bits per heavy atom. The predicted octanol–water partition coefficient (Wildman–Crippen LogP) is 3.31. The van der Waals surface area contributed by atoms with Crippen LogP contribution in [0.1, 0.15) is 48.5 Å². The molecule has 0 aliphatic carbocycles. The van der Waals surface area contributed by atoms with Gasteiger partial charge in [-0.25, -0.2) is 0 Å². The largest absolute Gasteiger partial charge is 0.381 e. The van der Waals surface area contributed by atoms with E-state index in [1.54, 1.807) is 0 Å². The molecule has 1 heterocycles. The van der Waals surface area contributed by atoms with Crippen LogP contribution in [0.15, 0.2) is 24.3 Å². The average molecular weight is 275 g/mol. The summed E-state index contributed by atoms with van der Waals surface area (Å²) in [6.45, 7) is 6.81. The highest BCUT2D eigenvalue weighted by molar-refractivity contribution is 5.94. The van der Waals surface area contributed by atoms with Gasteiger partial charge in [-0.05, 0) is 42.4 Å². The van der Waals surface area contributed by atoms with Gasteiger partial charge in [-0.3, -0.25) is 4.79 Å². The molecular formula is C17H25NO2. The molecule has 0 radical (unpaired) electrons. The van der Waals surface area contributed by atoms with Gasteiger partial charge in [0.2, 0.25) is 0 Å². The number of ether oxygens (including phenoxy) is 1. The summed E-state index contributed by atoms with van der Waals surface area (Å²) >= 11 is 0. The quantitative estimate of drug-likeness (QED) is 0.843. The number of amides is 1. The van der Waals surface area contributed by atoms with Gasteiger partial charge in [0.15, 0.2) is 0 Å². The normalized spacial score (nSPS) is 16.4. The Hall–Kier alpha value is -1.35. The monoisotopic (exact) mass is 275 g/mol. The van der Waals surface area contributed by atoms with Crippen LogP contribution in [-0.2, 0) is 4.74 Å². The van der Waals surface area contributed by atoms with E-state index in [2.05, 4.69) is 26.0 Å². The van der Waals surface area contributed by atoms with Crippen molar-refractivity contribution in [2.24, 2.45) is 5.92 Å². The Labute approximate surface area is 121 Å². The summed E-state index contributed by atoms with van der Waals surface area (Å²) in [6, 6.07) is 8.00. The smallest absolute Gasteiger partial charge is 0.253 e. The molecule has 3 nitrogen and oxygen atoms in total. The van der Waals surface area contributed by atoms with Gasteiger partial charge < -0.3 is 9.64 Å². The molecule has 0 atom stereocenters. The van der Waals surface area contributed by atoms with Crippen LogP contribution in [0.25, 0.3) is 0 Å². The van der Waals surface area contributed by atoms with E-state index < -0.39 is 0 Å². The molecule has 1 aromatic carbocycles. The summed E-state index contributed by atoms with van der Waals surface area (Å²) in [5.41, 5.74) is 2.05. The minimum atomic E-state index is 0.117. The number of carbonyl (C=O) groups excluding carboxylic acids is 1. The van der Waals surface area contributed by atoms with Crippen molar-refractivity contribution < 1.29 is 9.53 Å². The first-order valence-electron chi connectivity index (χ1n) is 7.51. The number of hydrogen-bond donors (Lipinski definition) is 0. The van der Waals surface area contributed by atoms with Gasteiger partial charge in [0.25, 0.3) is 5.91 Å². The highest BCUT2D eigenvalue weighted by atomic mass is 16.5. The Kier molecular flexibility index (Phi) is 5.18. The van der Waals surface area contributed by atoms with Crippen molar-refractivity contribution in [3.8, 4) is 0 Å². The number of benzene rings is 1. The second-order valence-electron chi connectivity index (χ2n) is 6.02. The Bertz CT molecular complexity index is 433. The van der Waals surface area contributed by atoms with Gasteiger partial charge in [-0.1, -0.05) is 26.0 Å². The number of rotatable bonds is 4. The molecule has 3 heteroatoms. The molecule has 1 fully saturated rings. The Morgan fingerprint density at radius 2 is 1.85 bits per heavy atom. The zero-order valence-electron chi connectivity index (χ0n) is 12.8. The zero-order chi connectivity index (χ0) is 14.5. The fourth-order valence-corrected chi connectivity index (χ4v) is 2.63. The first kappa shape index (κ1) is 15.0. The minimum Gasteiger partial charge on any atom is -0.381 e. The van der Waals surface area contributed by atoms with Gasteiger partial charge in [-0.15, -0.1) is 0 Å². The van der Waals surface area contributed by atoms with Gasteiger partial charge in [0.1, 0.15) is 0 Å². The first-order valence-corrected chi connectivity index (χ1v) is 7.51. The van der Waals surface area contributed by atoms with E-state index in [4.69, 9.17) is 4.74 Å². The molecule has 1 aliphatic heterocycles. The molecule has 0 N–H and O–H groups in total. The lowest BCUT2D eigenvalue weighted by Gasteiger charge is -2.27. The Balaban J connectivity index is 1.95. The molecule has 1 aromatic rings. The van der Waals surface area contributed by atoms with Crippen LogP contribution in [-0.4, -0.2) is 37.6 Å². The molecule has 0 spiro atoms. The van der Waals surface area contributed by atoms with Crippen LogP contribution in [0.4, 0.5) is 0 Å². The van der Waals surface area contributed by atoms with Crippen molar-refractivity contribution in [1.29, 1.82) is 0 Å². The average Bonchev–Trinajstić information content (AvgIpc) is 2.47. The van der Waals surface area contributed by atoms with E-state index >= 15 is 0 Å². The summed E-state index contributed by atoms with van der Waals surface area (Å²) in [6.07, 6.45) is 2.12. The lowest BCUT2D eigenvalue weighted by molar-refractivity contribution is 0.0497. The molecule has 20 heavy (non-hydrogen) atoms. The molecule has 2 rings (SSSR count). The van der Waals surface area contributed by atoms with Crippen LogP contribution >= 0.6 is 0 Å². The van der Waals surface area contributed by atoms with E-state index in [9.17, 15) is 4.79 Å². The van der Waals surface area contributed by atoms with Gasteiger partial charge in [-0.2, -0.15) is 0 Å². The SMILES string of the molecule is CC(C)c1ccc(C(=O)N(C)CC2CCOCC2)cc1. The maximum atomic E-state index is 12.4. The lowest BCUT2D eigenvalue weighted by Crippen LogP contribution is -2.34. The third-order valence-corrected chi connectivity index (χ3v) is 4.04. The molecular weight excluding hydrogens is 250 g/mol. The van der Waals surface area contributed by atoms with E-state index in [-0.39, 0.29) is 5.91 Å². The van der Waals surface area contributed by atoms with Crippen molar-refractivity contribution in [3.63, 3.8) is 0 Å². The molecule has 0 saturated carbocycles. The van der Waals surface area contributed by atoms with E-state index in [1.807, 2.05) is 24.1 Å². The van der Waals surface area contributed by atoms with Crippen LogP contribution in [0.5, 0.6) is 0 Å². The standard InChI is InChI=1S/C17H25NO2/c1-13(2)15-4-6-16(7-5-15)17(19)18(3)12-14-8-10-20-11-9-14/h4-7,13-14H,8-12H2,1-3H3. The Morgan fingerprint density at radius 3 is 2.40 bits per heavy atom. The number of carbonyl (C=O) groups is 1. The van der Waals surface area contributed by atoms with Crippen molar-refractivity contribution in [2.75, 3.05) is 26.8 Å². The summed E-state index contributed by atoms with van der Waals surface area (Å²) in [5.74, 6) is 1.19. The van der Waals surface area contributed by atoms with Gasteiger partial charge in [0.05, 0.1) is 0 Å². The molecule has 0 unspecified atom stereocenters. The van der Waals surface area contributed by atoms with Crippen LogP contribution < -0.4 is 0 Å². The zero-order valence-corrected chi connectivity index (χ0v) is 12.8. The fraction of sp³-hybridized carbons (Fsp3) is 0.588. The van der Waals surface area contributed by atoms with E-state index in [0.29, 0.717) is 11.8 Å². The molecule has 1 amide bonds. The molecule has 0 aromatic heterocycles. The maximum Gasteiger partial charge on any atom is 0.253 e. The van der Waals surface area contributed by atoms with Crippen molar-refractivity contribution >= 4 is 5.91 Å². The summed E-state index contributed by atoms with van der Waals surface area (Å²) < 4.78 is 5.36. The van der Waals surface area contributed by atoms with Gasteiger partial charge in [0, 0.05) is 32.4 Å². The summed E-state index contributed by atoms with van der Waals surface area (Å²) in [5, 5.41) is 0.